The van der Waals surface area contributed by atoms with E-state index in [-0.39, 0.29) is 52.7 Å². The van der Waals surface area contributed by atoms with Crippen LogP contribution in [-0.4, -0.2) is 69.8 Å². The summed E-state index contributed by atoms with van der Waals surface area (Å²) in [7, 11) is -0.861. The Morgan fingerprint density at radius 2 is 1.42 bits per heavy atom. The molecule has 0 bridgehead atoms. The quantitative estimate of drug-likeness (QED) is 0.0908. The minimum atomic E-state index is -3.72. The average Bonchev–Trinajstić information content (AvgIpc) is 3.51. The summed E-state index contributed by atoms with van der Waals surface area (Å²) in [4.78, 5) is 44.2. The number of sulfonamides is 1. The molecule has 0 fully saturated rings. The Morgan fingerprint density at radius 3 is 1.93 bits per heavy atom. The molecule has 2 aromatic carbocycles. The molecule has 0 saturated carbocycles. The predicted octanol–water partition coefficient (Wildman–Crippen LogP) is 8.09. The van der Waals surface area contributed by atoms with Crippen LogP contribution in [-0.2, 0) is 41.9 Å². The molecule has 0 atom stereocenters. The van der Waals surface area contributed by atoms with Crippen LogP contribution in [0.2, 0.25) is 15.5 Å². The minimum absolute atomic E-state index is 0.124. The molecular weight excluding hydrogens is 798 g/mol. The molecule has 3 aromatic heterocycles. The Kier molecular flexibility index (Phi) is 15.0. The summed E-state index contributed by atoms with van der Waals surface area (Å²) in [5.41, 5.74) is 3.25. The lowest BCUT2D eigenvalue weighted by atomic mass is 10.0. The Balaban J connectivity index is 0.000000376. The zero-order valence-corrected chi connectivity index (χ0v) is 33.6. The highest BCUT2D eigenvalue weighted by Crippen LogP contribution is 2.41. The molecule has 0 saturated heterocycles. The van der Waals surface area contributed by atoms with Gasteiger partial charge in [-0.25, -0.2) is 22.8 Å². The highest BCUT2D eigenvalue weighted by atomic mass is 35.5. The maximum atomic E-state index is 13.6. The number of rotatable bonds is 13. The molecule has 0 aliphatic rings. The molecule has 0 radical (unpaired) electrons. The zero-order valence-electron chi connectivity index (χ0n) is 30.5. The molecule has 12 nitrogen and oxygen atoms in total. The number of fused-ring (bicyclic) bond motifs is 1. The van der Waals surface area contributed by atoms with Crippen molar-refractivity contribution in [3.63, 3.8) is 0 Å². The molecule has 1 amide bonds. The van der Waals surface area contributed by atoms with E-state index < -0.39 is 21.7 Å². The summed E-state index contributed by atoms with van der Waals surface area (Å²) in [6.07, 6.45) is 2.31. The van der Waals surface area contributed by atoms with Gasteiger partial charge in [0.05, 0.1) is 36.4 Å². The van der Waals surface area contributed by atoms with E-state index in [4.69, 9.17) is 48.7 Å². The first-order valence-corrected chi connectivity index (χ1v) is 19.9. The van der Waals surface area contributed by atoms with Gasteiger partial charge in [-0.05, 0) is 80.3 Å². The van der Waals surface area contributed by atoms with E-state index in [1.165, 1.54) is 44.4 Å². The zero-order chi connectivity index (χ0) is 40.4. The van der Waals surface area contributed by atoms with Crippen molar-refractivity contribution in [2.24, 2.45) is 0 Å². The number of benzene rings is 2. The van der Waals surface area contributed by atoms with Crippen molar-refractivity contribution in [2.45, 2.75) is 39.5 Å². The molecule has 3 heterocycles. The number of carbonyl (C=O) groups is 3. The lowest BCUT2D eigenvalue weighted by molar-refractivity contribution is -0.144. The molecule has 5 aromatic rings. The van der Waals surface area contributed by atoms with Crippen molar-refractivity contribution in [1.29, 1.82) is 0 Å². The smallest absolute Gasteiger partial charge is 0.306 e. The molecule has 0 spiro atoms. The van der Waals surface area contributed by atoms with Crippen molar-refractivity contribution < 1.29 is 41.1 Å². The molecule has 0 aliphatic heterocycles. The van der Waals surface area contributed by atoms with E-state index in [1.54, 1.807) is 44.2 Å². The number of anilines is 1. The third-order valence-corrected chi connectivity index (χ3v) is 10.2. The first-order valence-electron chi connectivity index (χ1n) is 16.9. The fourth-order valence-corrected chi connectivity index (χ4v) is 6.49. The van der Waals surface area contributed by atoms with Crippen molar-refractivity contribution >= 4 is 79.3 Å². The monoisotopic (exact) mass is 834 g/mol. The van der Waals surface area contributed by atoms with Crippen molar-refractivity contribution in [2.75, 3.05) is 37.9 Å². The van der Waals surface area contributed by atoms with Gasteiger partial charge in [0.1, 0.15) is 32.6 Å². The van der Waals surface area contributed by atoms with Crippen LogP contribution in [0.5, 0.6) is 0 Å². The van der Waals surface area contributed by atoms with Crippen molar-refractivity contribution in [3.8, 4) is 22.6 Å². The third-order valence-electron chi connectivity index (χ3n) is 8.11. The van der Waals surface area contributed by atoms with Crippen LogP contribution in [0.1, 0.15) is 48.2 Å². The van der Waals surface area contributed by atoms with Crippen LogP contribution in [0, 0.1) is 5.82 Å². The number of hydrogen-bond acceptors (Lipinski definition) is 10. The number of halogens is 4. The summed E-state index contributed by atoms with van der Waals surface area (Å²) in [5.74, 6) is -1.30. The fraction of sp³-hybridized carbons (Fsp3) is 0.289. The number of amides is 1. The van der Waals surface area contributed by atoms with Gasteiger partial charge in [0.2, 0.25) is 10.0 Å². The van der Waals surface area contributed by atoms with Crippen LogP contribution >= 0.6 is 34.8 Å². The molecule has 55 heavy (non-hydrogen) atoms. The number of ether oxygens (including phenoxy) is 2. The topological polar surface area (TPSA) is 158 Å². The van der Waals surface area contributed by atoms with E-state index in [9.17, 15) is 27.2 Å². The van der Waals surface area contributed by atoms with Crippen molar-refractivity contribution in [3.05, 3.63) is 98.6 Å². The molecule has 0 unspecified atom stereocenters. The molecule has 5 rings (SSSR count). The van der Waals surface area contributed by atoms with E-state index in [0.29, 0.717) is 63.9 Å². The first kappa shape index (κ1) is 43.0. The summed E-state index contributed by atoms with van der Waals surface area (Å²) in [6, 6.07) is 15.4. The number of esters is 2. The van der Waals surface area contributed by atoms with E-state index >= 15 is 0 Å². The highest BCUT2D eigenvalue weighted by molar-refractivity contribution is 7.92. The number of aromatic nitrogens is 2. The van der Waals surface area contributed by atoms with E-state index in [1.807, 2.05) is 0 Å². The van der Waals surface area contributed by atoms with Gasteiger partial charge in [0, 0.05) is 49.5 Å². The second-order valence-electron chi connectivity index (χ2n) is 11.8. The van der Waals surface area contributed by atoms with Gasteiger partial charge in [0.25, 0.3) is 5.91 Å². The number of pyridine rings is 2. The summed E-state index contributed by atoms with van der Waals surface area (Å²) in [6.45, 7) is 4.17. The standard InChI is InChI=1S/C28H27ClFN3O6S.C10H11Cl2NO2/c1-5-38-24(34)13-9-17-8-12-21(32-27(17)29)19-14-20-23(15-22(19)33(3)40(4,36)37)39-26(25(20)28(35)31-2)16-6-10-18(30)11-7-16;1-2-15-9(14)6-4-7-3-5-8(11)13-10(7)12/h6-8,10-12,14-15H,5,9,13H2,1-4H3,(H,31,35);3,5H,2,4,6H2,1H3. The van der Waals surface area contributed by atoms with Crippen LogP contribution in [0.4, 0.5) is 10.1 Å². The van der Waals surface area contributed by atoms with Gasteiger partial charge in [0.15, 0.2) is 0 Å². The number of nitrogens with zero attached hydrogens (tertiary/aromatic N) is 3. The van der Waals surface area contributed by atoms with Gasteiger partial charge in [-0.15, -0.1) is 0 Å². The normalized spacial score (nSPS) is 11.1. The maximum Gasteiger partial charge on any atom is 0.306 e. The van der Waals surface area contributed by atoms with Crippen LogP contribution in [0.25, 0.3) is 33.6 Å². The summed E-state index contributed by atoms with van der Waals surface area (Å²) < 4.78 is 55.6. The van der Waals surface area contributed by atoms with E-state index in [2.05, 4.69) is 15.3 Å². The first-order chi connectivity index (χ1) is 26.1. The van der Waals surface area contributed by atoms with Crippen molar-refractivity contribution in [1.82, 2.24) is 15.3 Å². The van der Waals surface area contributed by atoms with Gasteiger partial charge in [-0.1, -0.05) is 46.9 Å². The number of nitrogens with one attached hydrogen (secondary N) is 1. The second-order valence-corrected chi connectivity index (χ2v) is 14.9. The summed E-state index contributed by atoms with van der Waals surface area (Å²) >= 11 is 18.0. The lowest BCUT2D eigenvalue weighted by Crippen LogP contribution is -2.25. The van der Waals surface area contributed by atoms with E-state index in [0.717, 1.165) is 16.1 Å². The second kappa shape index (κ2) is 19.2. The number of hydrogen-bond donors (Lipinski definition) is 1. The SMILES string of the molecule is CCOC(=O)CCc1ccc(-c2cc3c(C(=O)NC)c(-c4ccc(F)cc4)oc3cc2N(C)S(C)(=O)=O)nc1Cl.CCOC(=O)CCc1ccc(Cl)nc1Cl. The molecular formula is C38H38Cl3FN4O8S. The molecule has 292 valence electrons. The molecule has 0 aliphatic carbocycles. The fourth-order valence-electron chi connectivity index (χ4n) is 5.30. The molecule has 17 heteroatoms. The maximum absolute atomic E-state index is 13.6. The lowest BCUT2D eigenvalue weighted by Gasteiger charge is -2.20. The van der Waals surface area contributed by atoms with Crippen LogP contribution < -0.4 is 9.62 Å². The predicted molar refractivity (Wildman–Crippen MR) is 211 cm³/mol. The number of carbonyl (C=O) groups excluding carboxylic acids is 3. The Bertz CT molecular complexity index is 2300. The van der Waals surface area contributed by atoms with Crippen LogP contribution in [0.15, 0.2) is 65.1 Å². The van der Waals surface area contributed by atoms with Gasteiger partial charge in [-0.2, -0.15) is 0 Å². The average molecular weight is 836 g/mol. The van der Waals surface area contributed by atoms with Crippen LogP contribution in [0.3, 0.4) is 0 Å². The van der Waals surface area contributed by atoms with Gasteiger partial charge < -0.3 is 19.2 Å². The van der Waals surface area contributed by atoms with Gasteiger partial charge in [-0.3, -0.25) is 18.7 Å². The molecule has 1 N–H and O–H groups in total. The number of aryl methyl sites for hydroxylation is 2. The largest absolute Gasteiger partial charge is 0.466 e. The summed E-state index contributed by atoms with van der Waals surface area (Å²) in [5, 5.41) is 3.82. The third kappa shape index (κ3) is 11.2. The Labute approximate surface area is 332 Å². The Morgan fingerprint density at radius 1 is 0.855 bits per heavy atom. The highest BCUT2D eigenvalue weighted by Gasteiger charge is 2.26. The Hall–Kier alpha value is -4.76. The minimum Gasteiger partial charge on any atom is -0.466 e. The van der Waals surface area contributed by atoms with Gasteiger partial charge >= 0.3 is 11.9 Å². The number of furan rings is 1.